The topological polar surface area (TPSA) is 453 Å². The molecule has 0 aliphatic heterocycles. The lowest BCUT2D eigenvalue weighted by atomic mass is 9.77. The third kappa shape index (κ3) is 33.2. The Bertz CT molecular complexity index is 6070. The largest absolute Gasteiger partial charge is 0.497 e. The van der Waals surface area contributed by atoms with E-state index in [0.29, 0.717) is 96.4 Å². The number of imidazole rings is 3. The quantitative estimate of drug-likeness (QED) is 0.00814. The number of fused-ring (bicyclic) bond motifs is 3. The summed E-state index contributed by atoms with van der Waals surface area (Å²) in [5, 5.41) is 41.0. The fraction of sp³-hybridized carbons (Fsp3) is 0.500. The Hall–Kier alpha value is -12.5. The van der Waals surface area contributed by atoms with Crippen LogP contribution in [-0.2, 0) is 72.4 Å². The molecule has 5 atom stereocenters. The lowest BCUT2D eigenvalue weighted by molar-refractivity contribution is -0.154. The number of aliphatic hydroxyl groups is 4. The zero-order valence-corrected chi connectivity index (χ0v) is 93.6. The molecule has 6 aromatic carbocycles. The van der Waals surface area contributed by atoms with Gasteiger partial charge in [-0.05, 0) is 198 Å². The van der Waals surface area contributed by atoms with Crippen LogP contribution >= 0.6 is 0 Å². The van der Waals surface area contributed by atoms with Gasteiger partial charge in [0, 0.05) is 32.1 Å². The molecule has 0 spiro atoms. The van der Waals surface area contributed by atoms with Gasteiger partial charge in [-0.2, -0.15) is 0 Å². The van der Waals surface area contributed by atoms with Crippen molar-refractivity contribution in [1.29, 1.82) is 0 Å². The summed E-state index contributed by atoms with van der Waals surface area (Å²) in [6, 6.07) is 56.4. The van der Waals surface area contributed by atoms with Crippen LogP contribution in [0.2, 0.25) is 36.3 Å². The molecule has 36 heteroatoms. The van der Waals surface area contributed by atoms with Crippen molar-refractivity contribution >= 4 is 97.4 Å². The highest BCUT2D eigenvalue weighted by molar-refractivity contribution is 6.74. The summed E-state index contributed by atoms with van der Waals surface area (Å²) >= 11 is 0. The summed E-state index contributed by atoms with van der Waals surface area (Å²) in [6.07, 6.45) is 10.1. The highest BCUT2D eigenvalue weighted by atomic mass is 28.4. The van der Waals surface area contributed by atoms with Gasteiger partial charge in [-0.1, -0.05) is 187 Å². The summed E-state index contributed by atoms with van der Waals surface area (Å²) in [7, 11) is -0.451. The molecule has 34 nitrogen and oxygen atoms in total. The minimum Gasteiger partial charge on any atom is -0.497 e. The first-order valence-electron chi connectivity index (χ1n) is 50.1. The molecular weight excluding hydrogens is 1920 g/mol. The molecule has 0 bridgehead atoms. The van der Waals surface area contributed by atoms with E-state index in [-0.39, 0.29) is 105 Å². The zero-order valence-electron chi connectivity index (χ0n) is 91.6. The Morgan fingerprint density at radius 1 is 0.345 bits per heavy atom. The number of carbonyl (C=O) groups excluding carboxylic acids is 5. The van der Waals surface area contributed by atoms with Gasteiger partial charge in [0.15, 0.2) is 51.0 Å². The fourth-order valence-electron chi connectivity index (χ4n) is 14.4. The highest BCUT2D eigenvalue weighted by Gasteiger charge is 2.44. The van der Waals surface area contributed by atoms with Crippen LogP contribution in [0.25, 0.3) is 33.5 Å². The van der Waals surface area contributed by atoms with E-state index in [9.17, 15) is 34.2 Å². The Morgan fingerprint density at radius 2 is 0.635 bits per heavy atom. The Morgan fingerprint density at radius 3 is 0.980 bits per heavy atom. The van der Waals surface area contributed by atoms with Crippen LogP contribution in [0.3, 0.4) is 0 Å². The van der Waals surface area contributed by atoms with Gasteiger partial charge in [0.05, 0.1) is 157 Å². The smallest absolute Gasteiger partial charge is 0.311 e. The van der Waals surface area contributed by atoms with Gasteiger partial charge in [-0.3, -0.25) is 24.0 Å². The number of esters is 5. The van der Waals surface area contributed by atoms with Gasteiger partial charge in [-0.15, -0.1) is 0 Å². The molecule has 0 aliphatic carbocycles. The second-order valence-electron chi connectivity index (χ2n) is 44.7. The molecule has 0 aliphatic rings. The van der Waals surface area contributed by atoms with Crippen LogP contribution in [0.1, 0.15) is 229 Å². The van der Waals surface area contributed by atoms with E-state index >= 15 is 0 Å². The molecule has 0 amide bonds. The minimum absolute atomic E-state index is 0.0869. The Labute approximate surface area is 874 Å². The summed E-state index contributed by atoms with van der Waals surface area (Å²) in [6.45, 7) is 50.6. The van der Waals surface area contributed by atoms with Crippen molar-refractivity contribution in [2.45, 2.75) is 255 Å². The SMILES string of the molecule is CC(C)(C)C(=O)OCCC(CO)n1cnc2c(N)ncnc21.CC(C)(C)C(=O)OCCC(CO[Si](C)(C)C(C)(C)C)n1cnc2c(N)ncnc21.CC(C)(C)C(=O)OCCC(O)CO.CC(C)(C)C(=O)OCCC(O)CO[Si](C)(C)C(C)(C)C.COc1ccc(C(Nc2ncnc3c2ncn3C(CCOC(=O)C(C)(C)C)COC(c2ccccc2)(c2ccccc2)c2ccc(OC)cc2)(c2ccccc2)c2ccccc2)cc1. The van der Waals surface area contributed by atoms with Crippen LogP contribution in [0.5, 0.6) is 11.5 Å². The van der Waals surface area contributed by atoms with Gasteiger partial charge >= 0.3 is 29.8 Å². The van der Waals surface area contributed by atoms with Crippen molar-refractivity contribution in [3.8, 4) is 11.5 Å². The van der Waals surface area contributed by atoms with Crippen LogP contribution in [-0.4, -0.2) is 218 Å². The number of aliphatic hydroxyl groups excluding tert-OH is 4. The summed E-state index contributed by atoms with van der Waals surface area (Å²) in [4.78, 5) is 99.4. The maximum atomic E-state index is 13.1. The number of ether oxygens (including phenoxy) is 8. The van der Waals surface area contributed by atoms with Crippen molar-refractivity contribution in [1.82, 2.24) is 58.6 Å². The van der Waals surface area contributed by atoms with Crippen molar-refractivity contribution < 1.29 is 91.1 Å². The average molecular weight is 2080 g/mol. The number of hydrogen-bond donors (Lipinski definition) is 7. The third-order valence-electron chi connectivity index (χ3n) is 25.7. The number of hydrogen-bond acceptors (Lipinski definition) is 31. The number of benzene rings is 6. The number of nitrogens with zero attached hydrogens (tertiary/aromatic N) is 12. The normalized spacial score (nSPS) is 13.4. The van der Waals surface area contributed by atoms with Gasteiger partial charge in [0.2, 0.25) is 0 Å². The van der Waals surface area contributed by atoms with Crippen LogP contribution < -0.4 is 26.3 Å². The first-order valence-corrected chi connectivity index (χ1v) is 55.9. The van der Waals surface area contributed by atoms with E-state index in [4.69, 9.17) is 83.4 Å². The number of carbonyl (C=O) groups is 5. The van der Waals surface area contributed by atoms with E-state index in [1.54, 1.807) is 85.6 Å². The lowest BCUT2D eigenvalue weighted by Crippen LogP contribution is -2.42. The fourth-order valence-corrected chi connectivity index (χ4v) is 16.5. The third-order valence-corrected chi connectivity index (χ3v) is 34.7. The Balaban J connectivity index is 0.000000261. The van der Waals surface area contributed by atoms with E-state index in [2.05, 4.69) is 164 Å². The molecule has 6 aromatic heterocycles. The molecule has 12 rings (SSSR count). The molecule has 12 aromatic rings. The highest BCUT2D eigenvalue weighted by Crippen LogP contribution is 2.46. The number of nitrogens with two attached hydrogens (primary N) is 2. The molecule has 9 N–H and O–H groups in total. The van der Waals surface area contributed by atoms with Crippen molar-refractivity contribution in [3.63, 3.8) is 0 Å². The molecule has 148 heavy (non-hydrogen) atoms. The first-order chi connectivity index (χ1) is 69.4. The van der Waals surface area contributed by atoms with Crippen LogP contribution in [0, 0.1) is 27.1 Å². The monoisotopic (exact) mass is 2070 g/mol. The Kier molecular flexibility index (Phi) is 43.3. The van der Waals surface area contributed by atoms with Crippen LogP contribution in [0.4, 0.5) is 17.5 Å². The van der Waals surface area contributed by atoms with E-state index in [1.807, 2.05) is 181 Å². The van der Waals surface area contributed by atoms with Crippen LogP contribution in [0.15, 0.2) is 208 Å². The number of nitrogen functional groups attached to an aromatic ring is 2. The molecule has 6 heterocycles. The molecule has 0 saturated heterocycles. The van der Waals surface area contributed by atoms with Gasteiger partial charge < -0.3 is 97.7 Å². The standard InChI is InChI=1S/C54H53N5O5.C20H35N5O3Si.C15H32O4Si.C14H21N5O3.C9H18O4/c1-52(2,3)51(60)63-35-34-45(36-64-54(42-22-14-8-15-23-42,43-24-16-9-17-25-43)44-28-32-47(62-5)33-29-44)59-38-57-48-49(55-37-56-50(48)59)58-53(39-18-10-6-11-19-39,40-20-12-7-13-21-40)41-26-30-46(61-4)31-27-41;1-19(2,3)18(26)27-10-9-14(11-28-29(7,8)20(4,5)6)25-13-24-15-16(21)22-12-23-17(15)25;1-14(2,3)13(17)18-10-9-12(16)11-19-20(7,8)15(4,5)6;1-14(2,3)13(21)22-5-4-9(6-20)19-8-18-10-11(15)16-7-17-12(10)19;1-9(2,3)8(12)13-5-4-7(11)6-10/h6-33,37-38,45H,34-36H2,1-5H3,(H,55,56,58);12-14H,9-11H2,1-8H3,(H2,21,22,23);12,16H,9-11H2,1-8H3;7-9,20H,4-6H2,1-3H3,(H2,15,16,17);7,10-11H,4-6H2,1-3H3. The molecule has 804 valence electrons. The van der Waals surface area contributed by atoms with Gasteiger partial charge in [0.1, 0.15) is 58.2 Å². The number of rotatable bonds is 39. The molecule has 0 radical (unpaired) electrons. The number of aromatic nitrogens is 12. The van der Waals surface area contributed by atoms with Crippen molar-refractivity contribution in [2.75, 3.05) is 97.1 Å². The van der Waals surface area contributed by atoms with E-state index < -0.39 is 73.1 Å². The summed E-state index contributed by atoms with van der Waals surface area (Å²) < 4.78 is 63.3. The minimum atomic E-state index is -1.95. The molecule has 0 fully saturated rings. The number of methoxy groups -OCH3 is 2. The summed E-state index contributed by atoms with van der Waals surface area (Å²) in [5.41, 5.74) is 16.2. The summed E-state index contributed by atoms with van der Waals surface area (Å²) in [5.74, 6) is 1.35. The number of nitrogens with one attached hydrogen (secondary N) is 1. The lowest BCUT2D eigenvalue weighted by Gasteiger charge is -2.37. The molecular formula is C112H159N15O19Si2. The van der Waals surface area contributed by atoms with Crippen molar-refractivity contribution in [2.24, 2.45) is 27.1 Å². The van der Waals surface area contributed by atoms with E-state index in [0.717, 1.165) is 44.9 Å². The van der Waals surface area contributed by atoms with Gasteiger partial charge in [0.25, 0.3) is 0 Å². The van der Waals surface area contributed by atoms with E-state index in [1.165, 1.54) is 12.7 Å². The maximum absolute atomic E-state index is 13.1. The second-order valence-corrected chi connectivity index (χ2v) is 54.3. The predicted octanol–water partition coefficient (Wildman–Crippen LogP) is 19.3. The molecule has 5 unspecified atom stereocenters. The van der Waals surface area contributed by atoms with Gasteiger partial charge in [-0.25, -0.2) is 44.9 Å². The predicted molar refractivity (Wildman–Crippen MR) is 581 cm³/mol. The average Bonchev–Trinajstić information content (AvgIpc) is 1.19. The number of anilines is 3. The maximum Gasteiger partial charge on any atom is 0.311 e. The van der Waals surface area contributed by atoms with Crippen molar-refractivity contribution in [3.05, 3.63) is 241 Å². The second kappa shape index (κ2) is 53.1. The zero-order chi connectivity index (χ0) is 110. The first kappa shape index (κ1) is 121. The molecule has 0 saturated carbocycles.